The summed E-state index contributed by atoms with van der Waals surface area (Å²) in [7, 11) is 0. The summed E-state index contributed by atoms with van der Waals surface area (Å²) in [6.45, 7) is 19.5. The van der Waals surface area contributed by atoms with Crippen LogP contribution in [-0.4, -0.2) is 49.1 Å². The second kappa shape index (κ2) is 14.2. The zero-order valence-electron chi connectivity index (χ0n) is 33.2. The summed E-state index contributed by atoms with van der Waals surface area (Å²) in [4.78, 5) is 47.1. The van der Waals surface area contributed by atoms with E-state index in [9.17, 15) is 19.5 Å². The molecule has 0 aliphatic heterocycles. The van der Waals surface area contributed by atoms with Crippen LogP contribution in [-0.2, 0) is 25.5 Å². The van der Waals surface area contributed by atoms with Crippen molar-refractivity contribution in [2.24, 2.45) is 50.7 Å². The summed E-state index contributed by atoms with van der Waals surface area (Å²) in [5, 5.41) is 18.7. The van der Waals surface area contributed by atoms with Gasteiger partial charge < -0.3 is 14.3 Å². The molecule has 0 saturated heterocycles. The van der Waals surface area contributed by atoms with Gasteiger partial charge in [-0.15, -0.1) is 10.2 Å². The number of aliphatic carboxylic acids is 1. The minimum atomic E-state index is -1.16. The number of rotatable bonds is 12. The number of Topliss-reactive ketones (excluding diaryl/α,β-unsaturated/α-hetero) is 1. The van der Waals surface area contributed by atoms with E-state index in [-0.39, 0.29) is 57.7 Å². The number of ether oxygens (including phenoxy) is 1. The number of hydrogen-bond donors (Lipinski definition) is 1. The van der Waals surface area contributed by atoms with Crippen molar-refractivity contribution in [1.29, 1.82) is 0 Å². The van der Waals surface area contributed by atoms with Gasteiger partial charge in [-0.25, -0.2) is 9.97 Å². The third kappa shape index (κ3) is 6.77. The molecule has 3 fully saturated rings. The zero-order valence-corrected chi connectivity index (χ0v) is 33.9. The highest BCUT2D eigenvalue weighted by Gasteiger charge is 2.67. The molecule has 4 aliphatic carbocycles. The molecule has 0 bridgehead atoms. The smallest absolute Gasteiger partial charge is 0.309 e. The second-order valence-electron chi connectivity index (χ2n) is 18.7. The van der Waals surface area contributed by atoms with Crippen molar-refractivity contribution in [2.75, 3.05) is 0 Å². The van der Waals surface area contributed by atoms with Crippen molar-refractivity contribution < 1.29 is 28.6 Å². The Balaban J connectivity index is 1.27. The number of carboxylic acids is 1. The molecule has 2 heterocycles. The van der Waals surface area contributed by atoms with E-state index >= 15 is 0 Å². The molecule has 8 atom stereocenters. The van der Waals surface area contributed by atoms with Crippen LogP contribution in [0.25, 0.3) is 11.7 Å². The van der Waals surface area contributed by atoms with Gasteiger partial charge >= 0.3 is 11.9 Å². The highest BCUT2D eigenvalue weighted by atomic mass is 35.5. The minimum Gasteiger partial charge on any atom is -0.481 e. The van der Waals surface area contributed by atoms with Crippen molar-refractivity contribution in [3.8, 4) is 11.7 Å². The zero-order chi connectivity index (χ0) is 38.7. The molecule has 11 heteroatoms. The Kier molecular flexibility index (Phi) is 10.6. The SMILES string of the molecule is CC[C@H](CC[C@@]1(C)[C@H](C)CC[C@]2(C)[C@@H]1CC[C@@H]1C3=C(C(C)C)C(=O)C[C@]3(Cc3nnc(-c4ncc(Cl)cn4)o3)CC[C@]12C)OC(=O)CC(C)(C)C(=O)O. The molecular formula is C42H59ClN4O6. The van der Waals surface area contributed by atoms with Gasteiger partial charge in [0, 0.05) is 30.7 Å². The molecule has 0 amide bonds. The quantitative estimate of drug-likeness (QED) is 0.208. The Morgan fingerprint density at radius 2 is 1.75 bits per heavy atom. The molecule has 10 nitrogen and oxygen atoms in total. The Morgan fingerprint density at radius 3 is 2.40 bits per heavy atom. The lowest BCUT2D eigenvalue weighted by molar-refractivity contribution is -0.187. The van der Waals surface area contributed by atoms with Gasteiger partial charge in [-0.05, 0) is 117 Å². The van der Waals surface area contributed by atoms with E-state index in [1.807, 2.05) is 6.92 Å². The average Bonchev–Trinajstić information content (AvgIpc) is 3.67. The van der Waals surface area contributed by atoms with E-state index < -0.39 is 17.4 Å². The summed E-state index contributed by atoms with van der Waals surface area (Å²) in [6.07, 6.45) is 12.3. The first-order valence-electron chi connectivity index (χ1n) is 19.8. The number of allylic oxidation sites excluding steroid dienone is 2. The van der Waals surface area contributed by atoms with Gasteiger partial charge in [0.2, 0.25) is 11.7 Å². The van der Waals surface area contributed by atoms with Gasteiger partial charge in [0.1, 0.15) is 6.10 Å². The summed E-state index contributed by atoms with van der Waals surface area (Å²) in [5.74, 6) is 1.31. The van der Waals surface area contributed by atoms with Crippen molar-refractivity contribution in [2.45, 2.75) is 145 Å². The first-order chi connectivity index (χ1) is 24.8. The van der Waals surface area contributed by atoms with Gasteiger partial charge in [-0.2, -0.15) is 0 Å². The minimum absolute atomic E-state index is 0.00288. The Morgan fingerprint density at radius 1 is 1.06 bits per heavy atom. The number of ketones is 1. The number of carbonyl (C=O) groups is 3. The van der Waals surface area contributed by atoms with Crippen LogP contribution in [0.15, 0.2) is 28.0 Å². The van der Waals surface area contributed by atoms with Gasteiger partial charge in [-0.1, -0.05) is 65.6 Å². The first-order valence-corrected chi connectivity index (χ1v) is 20.2. The number of fused-ring (bicyclic) bond motifs is 5. The maximum absolute atomic E-state index is 14.1. The monoisotopic (exact) mass is 750 g/mol. The lowest BCUT2D eigenvalue weighted by Gasteiger charge is -2.69. The maximum Gasteiger partial charge on any atom is 0.309 e. The maximum atomic E-state index is 14.1. The topological polar surface area (TPSA) is 145 Å². The highest BCUT2D eigenvalue weighted by Crippen LogP contribution is 2.75. The van der Waals surface area contributed by atoms with Crippen molar-refractivity contribution in [3.63, 3.8) is 0 Å². The summed E-state index contributed by atoms with van der Waals surface area (Å²) in [6, 6.07) is 0. The molecule has 2 aromatic heterocycles. The Labute approximate surface area is 319 Å². The molecule has 0 radical (unpaired) electrons. The Hall–Kier alpha value is -3.14. The number of hydrogen-bond acceptors (Lipinski definition) is 9. The van der Waals surface area contributed by atoms with Crippen LogP contribution >= 0.6 is 11.6 Å². The third-order valence-electron chi connectivity index (χ3n) is 15.0. The number of nitrogens with zero attached hydrogens (tertiary/aromatic N) is 4. The third-order valence-corrected chi connectivity index (χ3v) is 15.2. The van der Waals surface area contributed by atoms with Crippen LogP contribution in [0.3, 0.4) is 0 Å². The van der Waals surface area contributed by atoms with E-state index in [1.165, 1.54) is 18.0 Å². The van der Waals surface area contributed by atoms with E-state index in [1.54, 1.807) is 13.8 Å². The summed E-state index contributed by atoms with van der Waals surface area (Å²) >= 11 is 6.00. The van der Waals surface area contributed by atoms with E-state index in [4.69, 9.17) is 20.8 Å². The molecular weight excluding hydrogens is 692 g/mol. The van der Waals surface area contributed by atoms with Crippen molar-refractivity contribution >= 4 is 29.3 Å². The fraction of sp³-hybridized carbons (Fsp3) is 0.738. The van der Waals surface area contributed by atoms with Gasteiger partial charge in [0.25, 0.3) is 5.89 Å². The number of carboxylic acid groups (broad SMARTS) is 1. The predicted octanol–water partition coefficient (Wildman–Crippen LogP) is 9.51. The summed E-state index contributed by atoms with van der Waals surface area (Å²) in [5.41, 5.74) is 0.954. The highest BCUT2D eigenvalue weighted by molar-refractivity contribution is 6.30. The fourth-order valence-corrected chi connectivity index (χ4v) is 11.6. The van der Waals surface area contributed by atoms with Crippen LogP contribution in [0, 0.1) is 50.7 Å². The number of aromatic nitrogens is 4. The van der Waals surface area contributed by atoms with Gasteiger partial charge in [0.05, 0.1) is 16.9 Å². The number of halogens is 1. The van der Waals surface area contributed by atoms with Crippen LogP contribution in [0.2, 0.25) is 5.02 Å². The van der Waals surface area contributed by atoms with E-state index in [0.29, 0.717) is 47.8 Å². The first kappa shape index (κ1) is 39.6. The molecule has 0 spiro atoms. The molecule has 4 aliphatic rings. The van der Waals surface area contributed by atoms with Gasteiger partial charge in [-0.3, -0.25) is 14.4 Å². The van der Waals surface area contributed by atoms with E-state index in [2.05, 4.69) is 61.7 Å². The largest absolute Gasteiger partial charge is 0.481 e. The van der Waals surface area contributed by atoms with Crippen molar-refractivity contribution in [3.05, 3.63) is 34.5 Å². The molecule has 53 heavy (non-hydrogen) atoms. The number of carbonyl (C=O) groups excluding carboxylic acids is 2. The Bertz CT molecular complexity index is 1770. The molecule has 2 aromatic rings. The normalized spacial score (nSPS) is 33.3. The van der Waals surface area contributed by atoms with Gasteiger partial charge in [0.15, 0.2) is 5.78 Å². The molecule has 3 saturated carbocycles. The van der Waals surface area contributed by atoms with Crippen LogP contribution in [0.5, 0.6) is 0 Å². The molecule has 0 unspecified atom stereocenters. The average molecular weight is 751 g/mol. The molecule has 290 valence electrons. The standard InChI is InChI=1S/C42H59ClN4O6/c1-10-27(52-32(49)21-38(5,6)37(50)51)14-15-39(7)25(4)13-16-41(9)30(39)12-11-28-34-33(24(2)3)29(48)19-42(34,18-17-40(28,41)8)20-31-46-47-36(53-31)35-44-22-26(43)23-45-35/h22-25,27-28,30H,10-21H2,1-9H3,(H,50,51)/t25-,27-,28-,30-,39+,40-,41-,42+/m1/s1. The summed E-state index contributed by atoms with van der Waals surface area (Å²) < 4.78 is 12.1. The molecule has 6 rings (SSSR count). The molecule has 1 N–H and O–H groups in total. The lowest BCUT2D eigenvalue weighted by Crippen LogP contribution is -2.62. The van der Waals surface area contributed by atoms with Crippen LogP contribution < -0.4 is 0 Å². The predicted molar refractivity (Wildman–Crippen MR) is 202 cm³/mol. The lowest BCUT2D eigenvalue weighted by atomic mass is 9.35. The van der Waals surface area contributed by atoms with Crippen molar-refractivity contribution in [1.82, 2.24) is 20.2 Å². The van der Waals surface area contributed by atoms with E-state index in [0.717, 1.165) is 56.9 Å². The molecule has 0 aromatic carbocycles. The van der Waals surface area contributed by atoms with Crippen LogP contribution in [0.1, 0.15) is 139 Å². The number of esters is 1. The second-order valence-corrected chi connectivity index (χ2v) is 19.1. The van der Waals surface area contributed by atoms with Crippen LogP contribution in [0.4, 0.5) is 0 Å². The fourth-order valence-electron chi connectivity index (χ4n) is 11.5.